The molecule has 0 aliphatic rings. The van der Waals surface area contributed by atoms with Gasteiger partial charge in [-0.3, -0.25) is 0 Å². The second kappa shape index (κ2) is 5.47. The average molecular weight is 286 g/mol. The van der Waals surface area contributed by atoms with E-state index in [-0.39, 0.29) is 11.2 Å². The Kier molecular flexibility index (Phi) is 5.62. The van der Waals surface area contributed by atoms with Crippen LogP contribution in [0.25, 0.3) is 0 Å². The first-order valence-electron chi connectivity index (χ1n) is 4.69. The van der Waals surface area contributed by atoms with Crippen molar-refractivity contribution in [3.05, 3.63) is 0 Å². The van der Waals surface area contributed by atoms with E-state index >= 15 is 0 Å². The molecule has 0 aromatic rings. The second-order valence-electron chi connectivity index (χ2n) is 4.93. The molecule has 0 aliphatic carbocycles. The third-order valence-electron chi connectivity index (χ3n) is 1.54. The molecule has 0 aromatic carbocycles. The van der Waals surface area contributed by atoms with Crippen LogP contribution in [0.3, 0.4) is 0 Å². The number of alkyl halides is 1. The Bertz CT molecular complexity index is 256. The smallest absolute Gasteiger partial charge is 0.212 e. The van der Waals surface area contributed by atoms with Gasteiger partial charge in [0.05, 0.1) is 5.75 Å². The largest absolute Gasteiger partial charge is 0.215 e. The molecule has 14 heavy (non-hydrogen) atoms. The van der Waals surface area contributed by atoms with Crippen molar-refractivity contribution in [1.29, 1.82) is 0 Å². The van der Waals surface area contributed by atoms with Crippen LogP contribution in [0.2, 0.25) is 0 Å². The highest BCUT2D eigenvalue weighted by Gasteiger charge is 2.21. The lowest BCUT2D eigenvalue weighted by Crippen LogP contribution is -2.35. The molecule has 0 aromatic heterocycles. The van der Waals surface area contributed by atoms with Gasteiger partial charge < -0.3 is 0 Å². The van der Waals surface area contributed by atoms with Crippen LogP contribution in [0, 0.1) is 11.3 Å². The summed E-state index contributed by atoms with van der Waals surface area (Å²) in [4.78, 5) is 0. The molecule has 5 heteroatoms. The van der Waals surface area contributed by atoms with Gasteiger partial charge in [-0.05, 0) is 11.3 Å². The predicted octanol–water partition coefficient (Wildman–Crippen LogP) is 1.98. The van der Waals surface area contributed by atoms with Crippen LogP contribution in [-0.2, 0) is 10.0 Å². The van der Waals surface area contributed by atoms with Gasteiger partial charge >= 0.3 is 0 Å². The lowest BCUT2D eigenvalue weighted by Gasteiger charge is -2.19. The summed E-state index contributed by atoms with van der Waals surface area (Å²) in [5.41, 5.74) is -0.191. The van der Waals surface area contributed by atoms with Crippen LogP contribution in [0.4, 0.5) is 0 Å². The molecule has 0 spiro atoms. The van der Waals surface area contributed by atoms with Crippen molar-refractivity contribution in [2.75, 3.05) is 17.6 Å². The van der Waals surface area contributed by atoms with Crippen molar-refractivity contribution in [3.63, 3.8) is 0 Å². The highest BCUT2D eigenvalue weighted by Crippen LogP contribution is 2.15. The average Bonchev–Trinajstić information content (AvgIpc) is 1.96. The van der Waals surface area contributed by atoms with Gasteiger partial charge in [-0.15, -0.1) is 0 Å². The SMILES string of the molecule is CC(CBr)CNS(=O)(=O)CC(C)(C)C. The molecule has 1 atom stereocenters. The Balaban J connectivity index is 4.10. The summed E-state index contributed by atoms with van der Waals surface area (Å²) in [7, 11) is -3.12. The molecule has 86 valence electrons. The second-order valence-corrected chi connectivity index (χ2v) is 7.38. The predicted molar refractivity (Wildman–Crippen MR) is 64.2 cm³/mol. The maximum Gasteiger partial charge on any atom is 0.212 e. The van der Waals surface area contributed by atoms with E-state index in [0.717, 1.165) is 5.33 Å². The van der Waals surface area contributed by atoms with E-state index in [1.807, 2.05) is 27.7 Å². The molecule has 0 saturated heterocycles. The lowest BCUT2D eigenvalue weighted by atomic mass is 10.0. The maximum absolute atomic E-state index is 11.5. The van der Waals surface area contributed by atoms with Crippen LogP contribution in [0.15, 0.2) is 0 Å². The number of nitrogens with one attached hydrogen (secondary N) is 1. The molecule has 1 unspecified atom stereocenters. The van der Waals surface area contributed by atoms with E-state index in [4.69, 9.17) is 0 Å². The van der Waals surface area contributed by atoms with Crippen molar-refractivity contribution >= 4 is 26.0 Å². The topological polar surface area (TPSA) is 46.2 Å². The molecular formula is C9H20BrNO2S. The molecule has 0 saturated carbocycles. The summed E-state index contributed by atoms with van der Waals surface area (Å²) in [6.45, 7) is 8.25. The molecule has 0 fully saturated rings. The van der Waals surface area contributed by atoms with Crippen LogP contribution in [-0.4, -0.2) is 26.0 Å². The number of rotatable bonds is 5. The first-order valence-corrected chi connectivity index (χ1v) is 7.47. The highest BCUT2D eigenvalue weighted by atomic mass is 79.9. The Morgan fingerprint density at radius 2 is 1.86 bits per heavy atom. The van der Waals surface area contributed by atoms with Crippen molar-refractivity contribution < 1.29 is 8.42 Å². The lowest BCUT2D eigenvalue weighted by molar-refractivity contribution is 0.456. The zero-order valence-corrected chi connectivity index (χ0v) is 11.7. The van der Waals surface area contributed by atoms with Gasteiger partial charge in [0.25, 0.3) is 0 Å². The van der Waals surface area contributed by atoms with Gasteiger partial charge in [0, 0.05) is 11.9 Å². The Morgan fingerprint density at radius 3 is 2.21 bits per heavy atom. The van der Waals surface area contributed by atoms with Crippen molar-refractivity contribution in [2.24, 2.45) is 11.3 Å². The molecular weight excluding hydrogens is 266 g/mol. The number of hydrogen-bond acceptors (Lipinski definition) is 2. The normalized spacial score (nSPS) is 15.5. The van der Waals surface area contributed by atoms with E-state index in [9.17, 15) is 8.42 Å². The fourth-order valence-electron chi connectivity index (χ4n) is 0.945. The fourth-order valence-corrected chi connectivity index (χ4v) is 2.95. The van der Waals surface area contributed by atoms with Gasteiger partial charge in [-0.25, -0.2) is 13.1 Å². The Morgan fingerprint density at radius 1 is 1.36 bits per heavy atom. The van der Waals surface area contributed by atoms with E-state index < -0.39 is 10.0 Å². The Labute approximate surface area is 95.8 Å². The summed E-state index contributed by atoms with van der Waals surface area (Å²) >= 11 is 3.31. The molecule has 0 aliphatic heterocycles. The van der Waals surface area contributed by atoms with Gasteiger partial charge in [-0.2, -0.15) is 0 Å². The Hall–Kier alpha value is 0.390. The van der Waals surface area contributed by atoms with Gasteiger partial charge in [-0.1, -0.05) is 43.6 Å². The zero-order valence-electron chi connectivity index (χ0n) is 9.30. The van der Waals surface area contributed by atoms with E-state index in [0.29, 0.717) is 12.5 Å². The molecule has 0 heterocycles. The van der Waals surface area contributed by atoms with Gasteiger partial charge in [0.2, 0.25) is 10.0 Å². The van der Waals surface area contributed by atoms with Crippen LogP contribution >= 0.6 is 15.9 Å². The quantitative estimate of drug-likeness (QED) is 0.786. The molecule has 1 N–H and O–H groups in total. The molecule has 0 bridgehead atoms. The number of halogens is 1. The first kappa shape index (κ1) is 14.4. The van der Waals surface area contributed by atoms with E-state index in [1.54, 1.807) is 0 Å². The monoisotopic (exact) mass is 285 g/mol. The van der Waals surface area contributed by atoms with Crippen molar-refractivity contribution in [2.45, 2.75) is 27.7 Å². The molecule has 0 rings (SSSR count). The summed E-state index contributed by atoms with van der Waals surface area (Å²) in [5, 5.41) is 0.811. The highest BCUT2D eigenvalue weighted by molar-refractivity contribution is 9.09. The third-order valence-corrected chi connectivity index (χ3v) is 4.50. The molecule has 3 nitrogen and oxygen atoms in total. The maximum atomic E-state index is 11.5. The van der Waals surface area contributed by atoms with Crippen molar-refractivity contribution in [1.82, 2.24) is 4.72 Å². The summed E-state index contributed by atoms with van der Waals surface area (Å²) in [6.07, 6.45) is 0. The molecule has 0 amide bonds. The van der Waals surface area contributed by atoms with Gasteiger partial charge in [0.15, 0.2) is 0 Å². The summed E-state index contributed by atoms with van der Waals surface area (Å²) < 4.78 is 25.7. The van der Waals surface area contributed by atoms with E-state index in [2.05, 4.69) is 20.7 Å². The molecule has 0 radical (unpaired) electrons. The summed E-state index contributed by atoms with van der Waals surface area (Å²) in [6, 6.07) is 0. The standard InChI is InChI=1S/C9H20BrNO2S/c1-8(5-10)6-11-14(12,13)7-9(2,3)4/h8,11H,5-7H2,1-4H3. The minimum absolute atomic E-state index is 0.176. The van der Waals surface area contributed by atoms with Crippen molar-refractivity contribution in [3.8, 4) is 0 Å². The fraction of sp³-hybridized carbons (Fsp3) is 1.00. The zero-order chi connectivity index (χ0) is 11.4. The first-order chi connectivity index (χ1) is 6.16. The third kappa shape index (κ3) is 7.76. The van der Waals surface area contributed by atoms with Crippen LogP contribution < -0.4 is 4.72 Å². The summed E-state index contributed by atoms with van der Waals surface area (Å²) in [5.74, 6) is 0.499. The minimum atomic E-state index is -3.12. The van der Waals surface area contributed by atoms with Crippen LogP contribution in [0.5, 0.6) is 0 Å². The number of sulfonamides is 1. The van der Waals surface area contributed by atoms with Gasteiger partial charge in [0.1, 0.15) is 0 Å². The van der Waals surface area contributed by atoms with Crippen LogP contribution in [0.1, 0.15) is 27.7 Å². The number of hydrogen-bond donors (Lipinski definition) is 1. The van der Waals surface area contributed by atoms with E-state index in [1.165, 1.54) is 0 Å². The minimum Gasteiger partial charge on any atom is -0.215 e.